The van der Waals surface area contributed by atoms with Crippen molar-refractivity contribution in [1.82, 2.24) is 4.40 Å². The summed E-state index contributed by atoms with van der Waals surface area (Å²) in [5.41, 5.74) is 2.40. The van der Waals surface area contributed by atoms with Crippen LogP contribution in [0, 0.1) is 0 Å². The van der Waals surface area contributed by atoms with Gasteiger partial charge in [0.05, 0.1) is 16.6 Å². The molecule has 98 valence electrons. The smallest absolute Gasteiger partial charge is 0.190 e. The van der Waals surface area contributed by atoms with Crippen LogP contribution in [-0.2, 0) is 0 Å². The molecular weight excluding hydrogens is 262 g/mol. The summed E-state index contributed by atoms with van der Waals surface area (Å²) < 4.78 is 2.04. The molecule has 0 aliphatic heterocycles. The summed E-state index contributed by atoms with van der Waals surface area (Å²) in [5.74, 6) is 0. The maximum Gasteiger partial charge on any atom is 0.190 e. The van der Waals surface area contributed by atoms with Gasteiger partial charge in [0.15, 0.2) is 10.9 Å². The number of nitrogens with zero attached hydrogens (tertiary/aromatic N) is 1. The van der Waals surface area contributed by atoms with Crippen molar-refractivity contribution in [2.24, 2.45) is 0 Å². The van der Waals surface area contributed by atoms with Gasteiger partial charge >= 0.3 is 0 Å². The van der Waals surface area contributed by atoms with Crippen molar-refractivity contribution in [3.05, 3.63) is 75.0 Å². The molecule has 5 rings (SSSR count). The summed E-state index contributed by atoms with van der Waals surface area (Å²) in [4.78, 5) is 24.8. The normalized spacial score (nSPS) is 12.2. The van der Waals surface area contributed by atoms with Crippen molar-refractivity contribution >= 4 is 38.1 Å². The summed E-state index contributed by atoms with van der Waals surface area (Å²) in [6.45, 7) is 0. The van der Waals surface area contributed by atoms with E-state index in [1.54, 1.807) is 30.3 Å². The molecule has 0 unspecified atom stereocenters. The molecule has 0 aliphatic rings. The van der Waals surface area contributed by atoms with E-state index in [0.29, 0.717) is 10.8 Å². The van der Waals surface area contributed by atoms with Crippen LogP contribution < -0.4 is 10.9 Å². The molecule has 3 heterocycles. The minimum absolute atomic E-state index is 0.0381. The Morgan fingerprint density at radius 1 is 0.619 bits per heavy atom. The summed E-state index contributed by atoms with van der Waals surface area (Å²) in [6, 6.07) is 16.6. The highest BCUT2D eigenvalue weighted by atomic mass is 16.1. The number of aromatic nitrogens is 1. The van der Waals surface area contributed by atoms with Gasteiger partial charge in [-0.25, -0.2) is 0 Å². The predicted molar refractivity (Wildman–Crippen MR) is 84.8 cm³/mol. The lowest BCUT2D eigenvalue weighted by Gasteiger charge is -2.07. The quantitative estimate of drug-likeness (QED) is 0.434. The van der Waals surface area contributed by atoms with E-state index in [9.17, 15) is 9.59 Å². The third-order valence-electron chi connectivity index (χ3n) is 4.29. The monoisotopic (exact) mass is 271 g/mol. The van der Waals surface area contributed by atoms with Gasteiger partial charge < -0.3 is 4.40 Å². The highest BCUT2D eigenvalue weighted by Gasteiger charge is 2.16. The Morgan fingerprint density at radius 2 is 1.10 bits per heavy atom. The Hall–Kier alpha value is -2.94. The first-order chi connectivity index (χ1) is 10.3. The maximum atomic E-state index is 12.4. The molecule has 0 aliphatic carbocycles. The second-order valence-electron chi connectivity index (χ2n) is 5.37. The zero-order valence-corrected chi connectivity index (χ0v) is 11.0. The Balaban J connectivity index is 2.37. The van der Waals surface area contributed by atoms with E-state index in [-0.39, 0.29) is 10.9 Å². The summed E-state index contributed by atoms with van der Waals surface area (Å²) in [6.07, 6.45) is 0. The number of para-hydroxylation sites is 1. The molecule has 0 bridgehead atoms. The van der Waals surface area contributed by atoms with Crippen LogP contribution in [0.3, 0.4) is 0 Å². The van der Waals surface area contributed by atoms with Crippen LogP contribution in [0.15, 0.2) is 64.2 Å². The lowest BCUT2D eigenvalue weighted by atomic mass is 10.1. The van der Waals surface area contributed by atoms with Gasteiger partial charge in [-0.1, -0.05) is 30.3 Å². The third kappa shape index (κ3) is 1.15. The molecule has 0 N–H and O–H groups in total. The fraction of sp³-hybridized carbons (Fsp3) is 0. The van der Waals surface area contributed by atoms with E-state index >= 15 is 0 Å². The van der Waals surface area contributed by atoms with Crippen molar-refractivity contribution in [3.63, 3.8) is 0 Å². The van der Waals surface area contributed by atoms with Gasteiger partial charge in [0.2, 0.25) is 0 Å². The molecule has 0 amide bonds. The lowest BCUT2D eigenvalue weighted by molar-refractivity contribution is 1.32. The molecule has 0 saturated carbocycles. The van der Waals surface area contributed by atoms with E-state index in [1.165, 1.54) is 0 Å². The summed E-state index contributed by atoms with van der Waals surface area (Å²) >= 11 is 0. The number of hydrogen-bond donors (Lipinski definition) is 0. The zero-order chi connectivity index (χ0) is 14.1. The molecule has 0 atom stereocenters. The standard InChI is InChI=1S/C18H9NO2/c20-16-8-14-10-4-1-2-5-11(10)15-9-17(21)13-7-3-6-12(16)18(13)19(14)15/h1-9H. The largest absolute Gasteiger partial charge is 0.307 e. The average molecular weight is 271 g/mol. The molecule has 3 nitrogen and oxygen atoms in total. The third-order valence-corrected chi connectivity index (χ3v) is 4.29. The van der Waals surface area contributed by atoms with Gasteiger partial charge in [-0.2, -0.15) is 0 Å². The van der Waals surface area contributed by atoms with Crippen LogP contribution in [-0.4, -0.2) is 4.40 Å². The van der Waals surface area contributed by atoms with Crippen LogP contribution in [0.4, 0.5) is 0 Å². The molecule has 0 spiro atoms. The minimum Gasteiger partial charge on any atom is -0.307 e. The van der Waals surface area contributed by atoms with E-state index < -0.39 is 0 Å². The molecule has 3 aromatic heterocycles. The zero-order valence-electron chi connectivity index (χ0n) is 11.0. The average Bonchev–Trinajstić information content (AvgIpc) is 2.82. The second kappa shape index (κ2) is 3.38. The Morgan fingerprint density at radius 3 is 1.62 bits per heavy atom. The van der Waals surface area contributed by atoms with Gasteiger partial charge in [0.25, 0.3) is 0 Å². The van der Waals surface area contributed by atoms with Gasteiger partial charge in [-0.3, -0.25) is 9.59 Å². The van der Waals surface area contributed by atoms with E-state index in [0.717, 1.165) is 27.3 Å². The molecule has 5 aromatic rings. The number of benzene rings is 2. The summed E-state index contributed by atoms with van der Waals surface area (Å²) in [5, 5.41) is 3.21. The molecule has 2 aromatic carbocycles. The predicted octanol–water partition coefficient (Wildman–Crippen LogP) is 2.99. The van der Waals surface area contributed by atoms with Crippen molar-refractivity contribution in [3.8, 4) is 0 Å². The van der Waals surface area contributed by atoms with E-state index in [1.807, 2.05) is 28.7 Å². The van der Waals surface area contributed by atoms with E-state index in [2.05, 4.69) is 0 Å². The molecular formula is C18H9NO2. The maximum absolute atomic E-state index is 12.4. The number of fused-ring (bicyclic) bond motifs is 3. The first-order valence-corrected chi connectivity index (χ1v) is 6.81. The topological polar surface area (TPSA) is 38.5 Å². The van der Waals surface area contributed by atoms with Gasteiger partial charge in [-0.15, -0.1) is 0 Å². The lowest BCUT2D eigenvalue weighted by Crippen LogP contribution is -2.09. The number of rotatable bonds is 0. The van der Waals surface area contributed by atoms with Gasteiger partial charge in [0.1, 0.15) is 0 Å². The molecule has 3 heteroatoms. The Bertz CT molecular complexity index is 1170. The van der Waals surface area contributed by atoms with Crippen molar-refractivity contribution in [1.29, 1.82) is 0 Å². The Labute approximate surface area is 118 Å². The Kier molecular flexibility index (Phi) is 1.74. The molecule has 0 radical (unpaired) electrons. The molecule has 0 saturated heterocycles. The van der Waals surface area contributed by atoms with Crippen molar-refractivity contribution in [2.75, 3.05) is 0 Å². The second-order valence-corrected chi connectivity index (χ2v) is 5.37. The van der Waals surface area contributed by atoms with E-state index in [4.69, 9.17) is 0 Å². The fourth-order valence-electron chi connectivity index (χ4n) is 3.41. The van der Waals surface area contributed by atoms with Gasteiger partial charge in [-0.05, 0) is 12.1 Å². The van der Waals surface area contributed by atoms with Gasteiger partial charge in [0, 0.05) is 33.7 Å². The van der Waals surface area contributed by atoms with Crippen LogP contribution in [0.1, 0.15) is 0 Å². The van der Waals surface area contributed by atoms with Crippen molar-refractivity contribution in [2.45, 2.75) is 0 Å². The fourth-order valence-corrected chi connectivity index (χ4v) is 3.41. The minimum atomic E-state index is -0.0381. The molecule has 0 fully saturated rings. The van der Waals surface area contributed by atoms with Crippen LogP contribution in [0.2, 0.25) is 0 Å². The van der Waals surface area contributed by atoms with Crippen LogP contribution in [0.25, 0.3) is 38.1 Å². The SMILES string of the molecule is O=c1cc2c3ccccc3c3cc(=O)c4cccc1c4n23. The summed E-state index contributed by atoms with van der Waals surface area (Å²) in [7, 11) is 0. The number of hydrogen-bond acceptors (Lipinski definition) is 2. The first kappa shape index (κ1) is 10.8. The first-order valence-electron chi connectivity index (χ1n) is 6.81. The van der Waals surface area contributed by atoms with Crippen LogP contribution in [0.5, 0.6) is 0 Å². The van der Waals surface area contributed by atoms with Crippen molar-refractivity contribution < 1.29 is 0 Å². The highest BCUT2D eigenvalue weighted by molar-refractivity contribution is 6.13. The molecule has 21 heavy (non-hydrogen) atoms. The number of pyridine rings is 2. The highest BCUT2D eigenvalue weighted by Crippen LogP contribution is 2.31. The van der Waals surface area contributed by atoms with Crippen LogP contribution >= 0.6 is 0 Å².